The lowest BCUT2D eigenvalue weighted by molar-refractivity contribution is -0.138. The molecule has 0 amide bonds. The van der Waals surface area contributed by atoms with E-state index in [1.165, 1.54) is 11.1 Å². The van der Waals surface area contributed by atoms with Crippen molar-refractivity contribution in [3.05, 3.63) is 29.3 Å². The fourth-order valence-electron chi connectivity index (χ4n) is 2.71. The summed E-state index contributed by atoms with van der Waals surface area (Å²) >= 11 is 0. The maximum atomic E-state index is 10.8. The molecule has 1 aromatic rings. The number of ether oxygens (including phenoxy) is 1. The van der Waals surface area contributed by atoms with E-state index in [2.05, 4.69) is 32.0 Å². The molecular weight excluding hydrogens is 252 g/mol. The molecule has 0 saturated heterocycles. The van der Waals surface area contributed by atoms with Crippen LogP contribution in [-0.4, -0.2) is 17.7 Å². The molecule has 2 unspecified atom stereocenters. The van der Waals surface area contributed by atoms with Crippen molar-refractivity contribution in [1.29, 1.82) is 0 Å². The van der Waals surface area contributed by atoms with Gasteiger partial charge >= 0.3 is 5.97 Å². The molecule has 20 heavy (non-hydrogen) atoms. The standard InChI is InChI=1S/C17H24O3/c1-4-20-16-8-6-12(9-14(16)11(2)3)5-7-13-10-15(13)17(18)19/h6,8-9,11,13,15H,4-5,7,10H2,1-3H3,(H,18,19). The van der Waals surface area contributed by atoms with Crippen LogP contribution in [0.25, 0.3) is 0 Å². The molecule has 0 spiro atoms. The van der Waals surface area contributed by atoms with Crippen LogP contribution in [0, 0.1) is 11.8 Å². The normalized spacial score (nSPS) is 21.0. The highest BCUT2D eigenvalue weighted by atomic mass is 16.5. The van der Waals surface area contributed by atoms with Crippen molar-refractivity contribution in [2.24, 2.45) is 11.8 Å². The molecule has 1 N–H and O–H groups in total. The fourth-order valence-corrected chi connectivity index (χ4v) is 2.71. The van der Waals surface area contributed by atoms with Gasteiger partial charge < -0.3 is 9.84 Å². The van der Waals surface area contributed by atoms with E-state index in [1.807, 2.05) is 6.92 Å². The average molecular weight is 276 g/mol. The first-order valence-electron chi connectivity index (χ1n) is 7.51. The molecule has 0 aliphatic heterocycles. The molecule has 2 atom stereocenters. The van der Waals surface area contributed by atoms with Crippen LogP contribution < -0.4 is 4.74 Å². The van der Waals surface area contributed by atoms with Crippen LogP contribution in [-0.2, 0) is 11.2 Å². The van der Waals surface area contributed by atoms with Crippen molar-refractivity contribution in [3.63, 3.8) is 0 Å². The predicted octanol–water partition coefficient (Wildman–Crippen LogP) is 3.86. The van der Waals surface area contributed by atoms with E-state index in [0.717, 1.165) is 25.0 Å². The molecule has 0 aromatic heterocycles. The first-order valence-corrected chi connectivity index (χ1v) is 7.51. The molecule has 1 saturated carbocycles. The monoisotopic (exact) mass is 276 g/mol. The number of hydrogen-bond acceptors (Lipinski definition) is 2. The summed E-state index contributed by atoms with van der Waals surface area (Å²) in [5.74, 6) is 1.05. The minimum Gasteiger partial charge on any atom is -0.494 e. The van der Waals surface area contributed by atoms with Gasteiger partial charge in [0.25, 0.3) is 0 Å². The molecule has 0 heterocycles. The number of carboxylic acids is 1. The Bertz CT molecular complexity index is 479. The van der Waals surface area contributed by atoms with E-state index < -0.39 is 5.97 Å². The van der Waals surface area contributed by atoms with Crippen LogP contribution >= 0.6 is 0 Å². The number of aliphatic carboxylic acids is 1. The van der Waals surface area contributed by atoms with Crippen molar-refractivity contribution >= 4 is 5.97 Å². The van der Waals surface area contributed by atoms with Gasteiger partial charge in [0, 0.05) is 0 Å². The first kappa shape index (κ1) is 14.9. The summed E-state index contributed by atoms with van der Waals surface area (Å²) in [7, 11) is 0. The van der Waals surface area contributed by atoms with Gasteiger partial charge in [0.1, 0.15) is 5.75 Å². The fraction of sp³-hybridized carbons (Fsp3) is 0.588. The van der Waals surface area contributed by atoms with Crippen molar-refractivity contribution in [3.8, 4) is 5.75 Å². The third kappa shape index (κ3) is 3.53. The van der Waals surface area contributed by atoms with Gasteiger partial charge in [0.2, 0.25) is 0 Å². The zero-order valence-electron chi connectivity index (χ0n) is 12.6. The Kier molecular flexibility index (Phi) is 4.69. The van der Waals surface area contributed by atoms with Gasteiger partial charge in [-0.3, -0.25) is 4.79 Å². The molecule has 1 aliphatic rings. The van der Waals surface area contributed by atoms with E-state index in [-0.39, 0.29) is 5.92 Å². The van der Waals surface area contributed by atoms with Crippen molar-refractivity contribution < 1.29 is 14.6 Å². The van der Waals surface area contributed by atoms with Crippen LogP contribution in [0.3, 0.4) is 0 Å². The van der Waals surface area contributed by atoms with Crippen LogP contribution in [0.2, 0.25) is 0 Å². The van der Waals surface area contributed by atoms with E-state index in [9.17, 15) is 4.79 Å². The van der Waals surface area contributed by atoms with Crippen LogP contribution in [0.15, 0.2) is 18.2 Å². The molecule has 1 aromatic carbocycles. The number of rotatable bonds is 7. The van der Waals surface area contributed by atoms with Gasteiger partial charge in [0.05, 0.1) is 12.5 Å². The van der Waals surface area contributed by atoms with E-state index >= 15 is 0 Å². The SMILES string of the molecule is CCOc1ccc(CCC2CC2C(=O)O)cc1C(C)C. The Balaban J connectivity index is 1.98. The summed E-state index contributed by atoms with van der Waals surface area (Å²) in [6.45, 7) is 7.02. The topological polar surface area (TPSA) is 46.5 Å². The smallest absolute Gasteiger partial charge is 0.306 e. The summed E-state index contributed by atoms with van der Waals surface area (Å²) in [6, 6.07) is 6.37. The third-order valence-electron chi connectivity index (χ3n) is 4.04. The van der Waals surface area contributed by atoms with Crippen molar-refractivity contribution in [2.75, 3.05) is 6.61 Å². The minimum atomic E-state index is -0.635. The van der Waals surface area contributed by atoms with E-state index in [0.29, 0.717) is 18.4 Å². The van der Waals surface area contributed by atoms with Gasteiger partial charge in [-0.05, 0) is 55.2 Å². The van der Waals surface area contributed by atoms with Gasteiger partial charge in [-0.25, -0.2) is 0 Å². The molecule has 3 nitrogen and oxygen atoms in total. The molecule has 0 bridgehead atoms. The summed E-state index contributed by atoms with van der Waals surface area (Å²) in [6.07, 6.45) is 2.78. The molecule has 1 aliphatic carbocycles. The Labute approximate surface area is 121 Å². The Morgan fingerprint density at radius 3 is 2.75 bits per heavy atom. The second kappa shape index (κ2) is 6.29. The third-order valence-corrected chi connectivity index (χ3v) is 4.04. The largest absolute Gasteiger partial charge is 0.494 e. The molecule has 110 valence electrons. The highest BCUT2D eigenvalue weighted by molar-refractivity contribution is 5.73. The lowest BCUT2D eigenvalue weighted by Gasteiger charge is -2.14. The second-order valence-corrected chi connectivity index (χ2v) is 5.94. The molecular formula is C17H24O3. The first-order chi connectivity index (χ1) is 9.52. The van der Waals surface area contributed by atoms with Crippen LogP contribution in [0.1, 0.15) is 50.7 Å². The van der Waals surface area contributed by atoms with E-state index in [4.69, 9.17) is 9.84 Å². The highest BCUT2D eigenvalue weighted by Crippen LogP contribution is 2.42. The maximum Gasteiger partial charge on any atom is 0.306 e. The zero-order chi connectivity index (χ0) is 14.7. The van der Waals surface area contributed by atoms with E-state index in [1.54, 1.807) is 0 Å². The molecule has 0 radical (unpaired) electrons. The van der Waals surface area contributed by atoms with Gasteiger partial charge in [-0.15, -0.1) is 0 Å². The highest BCUT2D eigenvalue weighted by Gasteiger charge is 2.42. The predicted molar refractivity (Wildman–Crippen MR) is 79.3 cm³/mol. The van der Waals surface area contributed by atoms with Gasteiger partial charge in [-0.2, -0.15) is 0 Å². The number of hydrogen-bond donors (Lipinski definition) is 1. The summed E-state index contributed by atoms with van der Waals surface area (Å²) in [5, 5.41) is 8.92. The molecule has 3 heteroatoms. The Morgan fingerprint density at radius 1 is 1.45 bits per heavy atom. The Morgan fingerprint density at radius 2 is 2.20 bits per heavy atom. The van der Waals surface area contributed by atoms with Crippen LogP contribution in [0.4, 0.5) is 0 Å². The maximum absolute atomic E-state index is 10.8. The van der Waals surface area contributed by atoms with Crippen molar-refractivity contribution in [2.45, 2.75) is 46.0 Å². The number of aryl methyl sites for hydroxylation is 1. The lowest BCUT2D eigenvalue weighted by atomic mass is 9.97. The zero-order valence-corrected chi connectivity index (χ0v) is 12.6. The van der Waals surface area contributed by atoms with Crippen LogP contribution in [0.5, 0.6) is 5.75 Å². The summed E-state index contributed by atoms with van der Waals surface area (Å²) < 4.78 is 5.66. The van der Waals surface area contributed by atoms with Crippen molar-refractivity contribution in [1.82, 2.24) is 0 Å². The number of carbonyl (C=O) groups is 1. The second-order valence-electron chi connectivity index (χ2n) is 5.94. The minimum absolute atomic E-state index is 0.0951. The number of carboxylic acid groups (broad SMARTS) is 1. The van der Waals surface area contributed by atoms with Gasteiger partial charge in [0.15, 0.2) is 0 Å². The average Bonchev–Trinajstić information content (AvgIpc) is 3.17. The summed E-state index contributed by atoms with van der Waals surface area (Å²) in [4.78, 5) is 10.8. The van der Waals surface area contributed by atoms with Gasteiger partial charge in [-0.1, -0.05) is 26.0 Å². The summed E-state index contributed by atoms with van der Waals surface area (Å²) in [5.41, 5.74) is 2.53. The Hall–Kier alpha value is -1.51. The molecule has 2 rings (SSSR count). The lowest BCUT2D eigenvalue weighted by Crippen LogP contribution is -2.01. The quantitative estimate of drug-likeness (QED) is 0.822. The molecule has 1 fully saturated rings. The number of benzene rings is 1.